The van der Waals surface area contributed by atoms with Gasteiger partial charge in [-0.25, -0.2) is 0 Å². The molecule has 0 bridgehead atoms. The molecule has 25 heavy (non-hydrogen) atoms. The monoisotopic (exact) mass is 358 g/mol. The Hall–Kier alpha value is -2.04. The zero-order valence-electron chi connectivity index (χ0n) is 14.6. The SMILES string of the molecule is COc1ccc(NC(=O)CN(C)C2CCCc3ccccc32)cc1Cl. The fourth-order valence-electron chi connectivity index (χ4n) is 3.47. The van der Waals surface area contributed by atoms with Crippen LogP contribution >= 0.6 is 11.6 Å². The molecule has 0 radical (unpaired) electrons. The van der Waals surface area contributed by atoms with E-state index in [9.17, 15) is 4.79 Å². The fourth-order valence-corrected chi connectivity index (χ4v) is 3.73. The Morgan fingerprint density at radius 2 is 2.12 bits per heavy atom. The van der Waals surface area contributed by atoms with Gasteiger partial charge < -0.3 is 10.1 Å². The summed E-state index contributed by atoms with van der Waals surface area (Å²) in [6.07, 6.45) is 3.36. The van der Waals surface area contributed by atoms with E-state index in [0.717, 1.165) is 19.3 Å². The molecule has 5 heteroatoms. The van der Waals surface area contributed by atoms with Crippen LogP contribution in [0.2, 0.25) is 5.02 Å². The molecule has 0 aromatic heterocycles. The highest BCUT2D eigenvalue weighted by atomic mass is 35.5. The second-order valence-corrected chi connectivity index (χ2v) is 6.83. The molecule has 1 unspecified atom stereocenters. The molecule has 0 spiro atoms. The maximum atomic E-state index is 12.4. The number of halogens is 1. The number of carbonyl (C=O) groups excluding carboxylic acids is 1. The second-order valence-electron chi connectivity index (χ2n) is 6.42. The minimum absolute atomic E-state index is 0.0493. The van der Waals surface area contributed by atoms with Crippen molar-refractivity contribution in [2.75, 3.05) is 26.0 Å². The summed E-state index contributed by atoms with van der Waals surface area (Å²) in [6.45, 7) is 0.336. The van der Waals surface area contributed by atoms with Gasteiger partial charge in [0.05, 0.1) is 18.7 Å². The lowest BCUT2D eigenvalue weighted by Gasteiger charge is -2.32. The molecule has 1 N–H and O–H groups in total. The number of aryl methyl sites for hydroxylation is 1. The van der Waals surface area contributed by atoms with Gasteiger partial charge in [-0.2, -0.15) is 0 Å². The van der Waals surface area contributed by atoms with Gasteiger partial charge in [-0.15, -0.1) is 0 Å². The minimum atomic E-state index is -0.0493. The molecule has 132 valence electrons. The van der Waals surface area contributed by atoms with Gasteiger partial charge in [0.2, 0.25) is 5.91 Å². The zero-order valence-corrected chi connectivity index (χ0v) is 15.3. The van der Waals surface area contributed by atoms with Gasteiger partial charge in [-0.3, -0.25) is 9.69 Å². The summed E-state index contributed by atoms with van der Waals surface area (Å²) in [5, 5.41) is 3.39. The first-order valence-corrected chi connectivity index (χ1v) is 8.87. The van der Waals surface area contributed by atoms with Gasteiger partial charge >= 0.3 is 0 Å². The number of benzene rings is 2. The summed E-state index contributed by atoms with van der Waals surface area (Å²) in [7, 11) is 3.57. The van der Waals surface area contributed by atoms with Crippen LogP contribution in [0.4, 0.5) is 5.69 Å². The van der Waals surface area contributed by atoms with Crippen molar-refractivity contribution in [3.8, 4) is 5.75 Å². The Balaban J connectivity index is 1.64. The first-order valence-electron chi connectivity index (χ1n) is 8.50. The third-order valence-corrected chi connectivity index (χ3v) is 4.99. The van der Waals surface area contributed by atoms with E-state index in [1.807, 2.05) is 7.05 Å². The first-order chi connectivity index (χ1) is 12.1. The number of nitrogens with one attached hydrogen (secondary N) is 1. The number of nitrogens with zero attached hydrogens (tertiary/aromatic N) is 1. The Kier molecular flexibility index (Phi) is 5.61. The summed E-state index contributed by atoms with van der Waals surface area (Å²) in [5.41, 5.74) is 3.41. The van der Waals surface area contributed by atoms with E-state index in [0.29, 0.717) is 23.0 Å². The van der Waals surface area contributed by atoms with Crippen molar-refractivity contribution >= 4 is 23.2 Å². The molecule has 1 amide bonds. The first kappa shape index (κ1) is 17.8. The zero-order chi connectivity index (χ0) is 17.8. The number of amides is 1. The summed E-state index contributed by atoms with van der Waals surface area (Å²) in [4.78, 5) is 14.5. The van der Waals surface area contributed by atoms with Crippen LogP contribution in [-0.4, -0.2) is 31.5 Å². The van der Waals surface area contributed by atoms with Crippen molar-refractivity contribution in [1.82, 2.24) is 4.90 Å². The highest BCUT2D eigenvalue weighted by Gasteiger charge is 2.24. The quantitative estimate of drug-likeness (QED) is 0.866. The molecule has 1 aliphatic carbocycles. The summed E-state index contributed by atoms with van der Waals surface area (Å²) < 4.78 is 5.13. The van der Waals surface area contributed by atoms with Gasteiger partial charge in [0.25, 0.3) is 0 Å². The molecule has 2 aromatic carbocycles. The average molecular weight is 359 g/mol. The van der Waals surface area contributed by atoms with Crippen molar-refractivity contribution in [2.24, 2.45) is 0 Å². The smallest absolute Gasteiger partial charge is 0.238 e. The molecule has 1 aliphatic rings. The molecular formula is C20H23ClN2O2. The van der Waals surface area contributed by atoms with Crippen molar-refractivity contribution < 1.29 is 9.53 Å². The Labute approximate surface area is 153 Å². The summed E-state index contributed by atoms with van der Waals surface area (Å²) in [6, 6.07) is 14.1. The van der Waals surface area contributed by atoms with Crippen LogP contribution in [0.5, 0.6) is 5.75 Å². The largest absolute Gasteiger partial charge is 0.495 e. The Bertz CT molecular complexity index is 763. The number of likely N-dealkylation sites (N-methyl/N-ethyl adjacent to an activating group) is 1. The number of methoxy groups -OCH3 is 1. The third-order valence-electron chi connectivity index (χ3n) is 4.70. The minimum Gasteiger partial charge on any atom is -0.495 e. The van der Waals surface area contributed by atoms with Crippen molar-refractivity contribution in [3.05, 3.63) is 58.6 Å². The van der Waals surface area contributed by atoms with Gasteiger partial charge in [-0.05, 0) is 55.6 Å². The van der Waals surface area contributed by atoms with Crippen LogP contribution in [-0.2, 0) is 11.2 Å². The fraction of sp³-hybridized carbons (Fsp3) is 0.350. The van der Waals surface area contributed by atoms with Crippen LogP contribution in [0.1, 0.15) is 30.0 Å². The van der Waals surface area contributed by atoms with E-state index in [1.54, 1.807) is 25.3 Å². The normalized spacial score (nSPS) is 16.4. The predicted molar refractivity (Wildman–Crippen MR) is 101 cm³/mol. The maximum Gasteiger partial charge on any atom is 0.238 e. The molecule has 0 saturated heterocycles. The van der Waals surface area contributed by atoms with Gasteiger partial charge in [0.1, 0.15) is 5.75 Å². The Morgan fingerprint density at radius 3 is 2.88 bits per heavy atom. The van der Waals surface area contributed by atoms with Crippen LogP contribution in [0.15, 0.2) is 42.5 Å². The molecule has 0 heterocycles. The number of ether oxygens (including phenoxy) is 1. The van der Waals surface area contributed by atoms with Crippen LogP contribution in [0.25, 0.3) is 0 Å². The van der Waals surface area contributed by atoms with E-state index in [4.69, 9.17) is 16.3 Å². The van der Waals surface area contributed by atoms with E-state index < -0.39 is 0 Å². The summed E-state index contributed by atoms with van der Waals surface area (Å²) >= 11 is 6.11. The van der Waals surface area contributed by atoms with Crippen LogP contribution in [0, 0.1) is 0 Å². The maximum absolute atomic E-state index is 12.4. The number of anilines is 1. The lowest BCUT2D eigenvalue weighted by Crippen LogP contribution is -2.34. The number of carbonyl (C=O) groups is 1. The van der Waals surface area contributed by atoms with Gasteiger partial charge in [0.15, 0.2) is 0 Å². The molecule has 4 nitrogen and oxygen atoms in total. The van der Waals surface area contributed by atoms with E-state index >= 15 is 0 Å². The summed E-state index contributed by atoms with van der Waals surface area (Å²) in [5.74, 6) is 0.544. The molecular weight excluding hydrogens is 336 g/mol. The van der Waals surface area contributed by atoms with Crippen LogP contribution in [0.3, 0.4) is 0 Å². The third kappa shape index (κ3) is 4.14. The molecule has 0 saturated carbocycles. The average Bonchev–Trinajstić information content (AvgIpc) is 2.61. The van der Waals surface area contributed by atoms with Gasteiger partial charge in [-0.1, -0.05) is 35.9 Å². The van der Waals surface area contributed by atoms with E-state index in [2.05, 4.69) is 34.5 Å². The number of hydrogen-bond donors (Lipinski definition) is 1. The van der Waals surface area contributed by atoms with Gasteiger partial charge in [0, 0.05) is 11.7 Å². The number of fused-ring (bicyclic) bond motifs is 1. The van der Waals surface area contributed by atoms with Crippen molar-refractivity contribution in [3.63, 3.8) is 0 Å². The highest BCUT2D eigenvalue weighted by Crippen LogP contribution is 2.33. The standard InChI is InChI=1S/C20H23ClN2O2/c1-23(18-9-5-7-14-6-3-4-8-16(14)18)13-20(24)22-15-10-11-19(25-2)17(21)12-15/h3-4,6,8,10-12,18H,5,7,9,13H2,1-2H3,(H,22,24). The molecule has 3 rings (SSSR count). The lowest BCUT2D eigenvalue weighted by atomic mass is 9.87. The molecule has 0 aliphatic heterocycles. The number of rotatable bonds is 5. The second kappa shape index (κ2) is 7.89. The van der Waals surface area contributed by atoms with Crippen LogP contribution < -0.4 is 10.1 Å². The topological polar surface area (TPSA) is 41.6 Å². The lowest BCUT2D eigenvalue weighted by molar-refractivity contribution is -0.117. The Morgan fingerprint density at radius 1 is 1.32 bits per heavy atom. The van der Waals surface area contributed by atoms with Crippen molar-refractivity contribution in [1.29, 1.82) is 0 Å². The number of hydrogen-bond acceptors (Lipinski definition) is 3. The van der Waals surface area contributed by atoms with E-state index in [-0.39, 0.29) is 11.9 Å². The molecule has 0 fully saturated rings. The van der Waals surface area contributed by atoms with Crippen molar-refractivity contribution in [2.45, 2.75) is 25.3 Å². The molecule has 2 aromatic rings. The highest BCUT2D eigenvalue weighted by molar-refractivity contribution is 6.32. The van der Waals surface area contributed by atoms with E-state index in [1.165, 1.54) is 11.1 Å². The predicted octanol–water partition coefficient (Wildman–Crippen LogP) is 4.30. The molecule has 1 atom stereocenters.